The second-order valence-corrected chi connectivity index (χ2v) is 3.98. The van der Waals surface area contributed by atoms with E-state index >= 15 is 0 Å². The van der Waals surface area contributed by atoms with Gasteiger partial charge in [-0.2, -0.15) is 0 Å². The number of carboxylic acid groups (broad SMARTS) is 1. The lowest BCUT2D eigenvalue weighted by Gasteiger charge is -2.14. The Kier molecular flexibility index (Phi) is 3.33. The van der Waals surface area contributed by atoms with Crippen molar-refractivity contribution in [3.05, 3.63) is 47.5 Å². The van der Waals surface area contributed by atoms with Gasteiger partial charge < -0.3 is 9.52 Å². The Balaban J connectivity index is 2.28. The number of carbonyl (C=O) groups is 2. The first-order chi connectivity index (χ1) is 8.99. The van der Waals surface area contributed by atoms with Crippen molar-refractivity contribution in [3.8, 4) is 0 Å². The number of nitrogens with zero attached hydrogens (tertiary/aromatic N) is 2. The van der Waals surface area contributed by atoms with Crippen LogP contribution in [0.1, 0.15) is 26.7 Å². The van der Waals surface area contributed by atoms with E-state index < -0.39 is 5.97 Å². The van der Waals surface area contributed by atoms with Gasteiger partial charge in [0.2, 0.25) is 0 Å². The molecule has 0 fully saturated rings. The molecule has 0 saturated heterocycles. The summed E-state index contributed by atoms with van der Waals surface area (Å²) in [6.07, 6.45) is 1.34. The summed E-state index contributed by atoms with van der Waals surface area (Å²) in [6.45, 7) is 1.74. The first kappa shape index (κ1) is 12.8. The van der Waals surface area contributed by atoms with E-state index in [1.807, 2.05) is 0 Å². The maximum absolute atomic E-state index is 12.1. The number of aromatic nitrogens is 1. The van der Waals surface area contributed by atoms with Crippen LogP contribution in [0.25, 0.3) is 0 Å². The van der Waals surface area contributed by atoms with E-state index in [0.29, 0.717) is 5.76 Å². The molecule has 2 heterocycles. The average molecular weight is 260 g/mol. The predicted molar refractivity (Wildman–Crippen MR) is 67.4 cm³/mol. The molecule has 2 rings (SSSR count). The average Bonchev–Trinajstić information content (AvgIpc) is 2.84. The Morgan fingerprint density at radius 1 is 1.32 bits per heavy atom. The Hall–Kier alpha value is -2.63. The Labute approximate surface area is 109 Å². The van der Waals surface area contributed by atoms with Gasteiger partial charge in [0.15, 0.2) is 5.76 Å². The highest BCUT2D eigenvalue weighted by molar-refractivity contribution is 6.03. The molecular weight excluding hydrogens is 248 g/mol. The number of hydrogen-bond donors (Lipinski definition) is 1. The molecule has 1 N–H and O–H groups in total. The van der Waals surface area contributed by atoms with Crippen LogP contribution >= 0.6 is 0 Å². The van der Waals surface area contributed by atoms with E-state index in [1.165, 1.54) is 30.3 Å². The van der Waals surface area contributed by atoms with Gasteiger partial charge in [0.1, 0.15) is 11.6 Å². The molecule has 6 nitrogen and oxygen atoms in total. The number of carboxylic acids is 1. The molecule has 1 amide bonds. The van der Waals surface area contributed by atoms with Crippen LogP contribution in [-0.4, -0.2) is 29.0 Å². The van der Waals surface area contributed by atoms with Crippen LogP contribution in [0.4, 0.5) is 5.82 Å². The molecule has 0 saturated carbocycles. The van der Waals surface area contributed by atoms with Gasteiger partial charge in [-0.1, -0.05) is 0 Å². The molecular formula is C13H12N2O4. The molecule has 0 atom stereocenters. The number of anilines is 1. The van der Waals surface area contributed by atoms with Gasteiger partial charge >= 0.3 is 5.97 Å². The fourth-order valence-electron chi connectivity index (χ4n) is 1.55. The number of furan rings is 1. The molecule has 0 bridgehead atoms. The monoisotopic (exact) mass is 260 g/mol. The predicted octanol–water partition coefficient (Wildman–Crippen LogP) is 1.96. The largest absolute Gasteiger partial charge is 0.478 e. The normalized spacial score (nSPS) is 10.2. The maximum Gasteiger partial charge on any atom is 0.335 e. The van der Waals surface area contributed by atoms with Crippen LogP contribution in [0.2, 0.25) is 0 Å². The van der Waals surface area contributed by atoms with Crippen molar-refractivity contribution in [3.63, 3.8) is 0 Å². The minimum absolute atomic E-state index is 0.0697. The van der Waals surface area contributed by atoms with Gasteiger partial charge in [0.05, 0.1) is 5.56 Å². The van der Waals surface area contributed by atoms with Crippen molar-refractivity contribution < 1.29 is 19.1 Å². The van der Waals surface area contributed by atoms with Crippen molar-refractivity contribution in [2.24, 2.45) is 0 Å². The van der Waals surface area contributed by atoms with E-state index in [2.05, 4.69) is 4.98 Å². The number of rotatable bonds is 3. The molecule has 19 heavy (non-hydrogen) atoms. The molecule has 6 heteroatoms. The fraction of sp³-hybridized carbons (Fsp3) is 0.154. The zero-order valence-electron chi connectivity index (χ0n) is 10.5. The minimum Gasteiger partial charge on any atom is -0.478 e. The third-order valence-electron chi connectivity index (χ3n) is 2.59. The van der Waals surface area contributed by atoms with Gasteiger partial charge in [-0.3, -0.25) is 9.69 Å². The Morgan fingerprint density at radius 3 is 2.63 bits per heavy atom. The first-order valence-corrected chi connectivity index (χ1v) is 5.53. The molecule has 0 aliphatic rings. The van der Waals surface area contributed by atoms with Crippen LogP contribution in [-0.2, 0) is 0 Å². The van der Waals surface area contributed by atoms with Crippen molar-refractivity contribution in [1.29, 1.82) is 0 Å². The van der Waals surface area contributed by atoms with E-state index in [1.54, 1.807) is 19.1 Å². The van der Waals surface area contributed by atoms with Crippen molar-refractivity contribution in [2.75, 3.05) is 11.9 Å². The lowest BCUT2D eigenvalue weighted by molar-refractivity contribution is 0.0696. The van der Waals surface area contributed by atoms with E-state index in [0.717, 1.165) is 0 Å². The van der Waals surface area contributed by atoms with Gasteiger partial charge in [0, 0.05) is 13.2 Å². The van der Waals surface area contributed by atoms with Gasteiger partial charge in [-0.25, -0.2) is 9.78 Å². The molecule has 0 radical (unpaired) electrons. The molecule has 2 aromatic heterocycles. The van der Waals surface area contributed by atoms with Crippen LogP contribution < -0.4 is 4.90 Å². The maximum atomic E-state index is 12.1. The third-order valence-corrected chi connectivity index (χ3v) is 2.59. The van der Waals surface area contributed by atoms with Crippen molar-refractivity contribution >= 4 is 17.7 Å². The fourth-order valence-corrected chi connectivity index (χ4v) is 1.55. The molecule has 0 aliphatic heterocycles. The number of pyridine rings is 1. The number of hydrogen-bond acceptors (Lipinski definition) is 4. The zero-order valence-corrected chi connectivity index (χ0v) is 10.5. The van der Waals surface area contributed by atoms with E-state index in [-0.39, 0.29) is 23.0 Å². The second-order valence-electron chi connectivity index (χ2n) is 3.98. The van der Waals surface area contributed by atoms with Gasteiger partial charge in [-0.15, -0.1) is 0 Å². The van der Waals surface area contributed by atoms with Crippen molar-refractivity contribution in [1.82, 2.24) is 4.98 Å². The smallest absolute Gasteiger partial charge is 0.335 e. The van der Waals surface area contributed by atoms with E-state index in [4.69, 9.17) is 9.52 Å². The summed E-state index contributed by atoms with van der Waals surface area (Å²) in [5.74, 6) is -0.396. The van der Waals surface area contributed by atoms with Crippen LogP contribution in [0.5, 0.6) is 0 Å². The summed E-state index contributed by atoms with van der Waals surface area (Å²) in [7, 11) is 1.51. The first-order valence-electron chi connectivity index (χ1n) is 5.53. The summed E-state index contributed by atoms with van der Waals surface area (Å²) in [6, 6.07) is 5.94. The number of carbonyl (C=O) groups excluding carboxylic acids is 1. The Morgan fingerprint density at radius 2 is 2.05 bits per heavy atom. The van der Waals surface area contributed by atoms with Crippen LogP contribution in [0.15, 0.2) is 34.9 Å². The lowest BCUT2D eigenvalue weighted by atomic mass is 10.2. The highest BCUT2D eigenvalue weighted by atomic mass is 16.4. The van der Waals surface area contributed by atoms with Crippen molar-refractivity contribution in [2.45, 2.75) is 6.92 Å². The molecule has 98 valence electrons. The van der Waals surface area contributed by atoms with Gasteiger partial charge in [-0.05, 0) is 31.2 Å². The van der Waals surface area contributed by atoms with Crippen LogP contribution in [0, 0.1) is 6.92 Å². The minimum atomic E-state index is -1.07. The summed E-state index contributed by atoms with van der Waals surface area (Å²) in [5, 5.41) is 8.90. The molecule has 0 spiro atoms. The number of aryl methyl sites for hydroxylation is 1. The molecule has 2 aromatic rings. The zero-order chi connectivity index (χ0) is 14.0. The van der Waals surface area contributed by atoms with Crippen LogP contribution in [0.3, 0.4) is 0 Å². The second kappa shape index (κ2) is 4.93. The van der Waals surface area contributed by atoms with E-state index in [9.17, 15) is 9.59 Å². The molecule has 0 unspecified atom stereocenters. The lowest BCUT2D eigenvalue weighted by Crippen LogP contribution is -2.26. The third kappa shape index (κ3) is 2.62. The number of aromatic carboxylic acids is 1. The Bertz CT molecular complexity index is 633. The van der Waals surface area contributed by atoms with Gasteiger partial charge in [0.25, 0.3) is 5.91 Å². The topological polar surface area (TPSA) is 83.6 Å². The highest BCUT2D eigenvalue weighted by Gasteiger charge is 2.18. The summed E-state index contributed by atoms with van der Waals surface area (Å²) >= 11 is 0. The number of amides is 1. The molecule has 0 aliphatic carbocycles. The summed E-state index contributed by atoms with van der Waals surface area (Å²) < 4.78 is 5.23. The standard InChI is InChI=1S/C13H12N2O4/c1-8-3-4-10(19-8)12(16)15(2)11-7-9(13(17)18)5-6-14-11/h3-7H,1-2H3,(H,17,18). The quantitative estimate of drug-likeness (QED) is 0.911. The summed E-state index contributed by atoms with van der Waals surface area (Å²) in [4.78, 5) is 28.2. The highest BCUT2D eigenvalue weighted by Crippen LogP contribution is 2.16. The molecule has 0 aromatic carbocycles. The SMILES string of the molecule is Cc1ccc(C(=O)N(C)c2cc(C(=O)O)ccn2)o1. The summed E-state index contributed by atoms with van der Waals surface area (Å²) in [5.41, 5.74) is 0.0697.